The molecule has 0 aromatic carbocycles. The quantitative estimate of drug-likeness (QED) is 0.687. The van der Waals surface area contributed by atoms with Crippen LogP contribution >= 0.6 is 0 Å². The summed E-state index contributed by atoms with van der Waals surface area (Å²) < 4.78 is 13.0. The van der Waals surface area contributed by atoms with Crippen LogP contribution in [0, 0.1) is 0 Å². The van der Waals surface area contributed by atoms with E-state index in [0.717, 1.165) is 5.69 Å². The molecule has 1 amide bonds. The molecule has 138 valence electrons. The Balaban J connectivity index is 1.55. The predicted molar refractivity (Wildman–Crippen MR) is 96.5 cm³/mol. The van der Waals surface area contributed by atoms with E-state index in [2.05, 4.69) is 15.1 Å². The summed E-state index contributed by atoms with van der Waals surface area (Å²) in [4.78, 5) is 23.0. The normalized spacial score (nSPS) is 15.9. The van der Waals surface area contributed by atoms with E-state index in [0.29, 0.717) is 36.9 Å². The second-order valence-electron chi connectivity index (χ2n) is 6.17. The second kappa shape index (κ2) is 7.45. The minimum absolute atomic E-state index is 0.101. The van der Waals surface area contributed by atoms with Gasteiger partial charge in [-0.3, -0.25) is 14.5 Å². The molecule has 1 atom stereocenters. The van der Waals surface area contributed by atoms with Crippen LogP contribution in [-0.2, 0) is 6.54 Å². The number of hydrogen-bond acceptors (Lipinski definition) is 6. The van der Waals surface area contributed by atoms with E-state index in [9.17, 15) is 4.79 Å². The molecular formula is C19H19N5O3. The molecular weight excluding hydrogens is 346 g/mol. The maximum Gasteiger partial charge on any atom is 0.259 e. The number of hydrogen-bond donors (Lipinski definition) is 0. The van der Waals surface area contributed by atoms with Crippen molar-refractivity contribution >= 4 is 5.91 Å². The Kier molecular flexibility index (Phi) is 4.69. The molecule has 3 aromatic heterocycles. The fourth-order valence-electron chi connectivity index (χ4n) is 3.18. The number of carbonyl (C=O) groups is 1. The fourth-order valence-corrected chi connectivity index (χ4v) is 3.18. The van der Waals surface area contributed by atoms with Gasteiger partial charge in [-0.2, -0.15) is 5.10 Å². The van der Waals surface area contributed by atoms with Crippen LogP contribution < -0.4 is 9.47 Å². The third kappa shape index (κ3) is 3.46. The number of fused-ring (bicyclic) bond motifs is 1. The van der Waals surface area contributed by atoms with Gasteiger partial charge in [0.25, 0.3) is 5.91 Å². The summed E-state index contributed by atoms with van der Waals surface area (Å²) >= 11 is 0. The number of rotatable bonds is 5. The number of aromatic nitrogens is 4. The van der Waals surface area contributed by atoms with Gasteiger partial charge in [-0.05, 0) is 30.3 Å². The molecule has 1 aliphatic rings. The van der Waals surface area contributed by atoms with Crippen LogP contribution in [0.15, 0.2) is 55.1 Å². The summed E-state index contributed by atoms with van der Waals surface area (Å²) in [5.74, 6) is 0.882. The number of amides is 1. The van der Waals surface area contributed by atoms with Gasteiger partial charge < -0.3 is 14.4 Å². The Morgan fingerprint density at radius 1 is 1.22 bits per heavy atom. The number of carbonyl (C=O) groups excluding carboxylic acids is 1. The molecule has 8 heteroatoms. The van der Waals surface area contributed by atoms with Crippen molar-refractivity contribution < 1.29 is 14.3 Å². The summed E-state index contributed by atoms with van der Waals surface area (Å²) in [6.07, 6.45) is 6.70. The summed E-state index contributed by atoms with van der Waals surface area (Å²) in [6, 6.07) is 8.93. The van der Waals surface area contributed by atoms with Crippen molar-refractivity contribution in [1.82, 2.24) is 24.6 Å². The largest absolute Gasteiger partial charge is 0.490 e. The van der Waals surface area contributed by atoms with Crippen molar-refractivity contribution in [3.8, 4) is 11.6 Å². The van der Waals surface area contributed by atoms with Gasteiger partial charge in [0.05, 0.1) is 25.5 Å². The molecule has 0 saturated heterocycles. The average Bonchev–Trinajstić information content (AvgIpc) is 3.21. The van der Waals surface area contributed by atoms with E-state index in [1.54, 1.807) is 41.8 Å². The molecule has 0 spiro atoms. The molecule has 0 fully saturated rings. The zero-order chi connectivity index (χ0) is 18.6. The van der Waals surface area contributed by atoms with Gasteiger partial charge in [0.15, 0.2) is 0 Å². The fraction of sp³-hybridized carbons (Fsp3) is 0.263. The first-order chi connectivity index (χ1) is 13.3. The molecule has 1 aliphatic heterocycles. The molecule has 8 nitrogen and oxygen atoms in total. The highest BCUT2D eigenvalue weighted by Gasteiger charge is 2.30. The number of methoxy groups -OCH3 is 1. The first-order valence-electron chi connectivity index (χ1n) is 8.59. The van der Waals surface area contributed by atoms with Crippen LogP contribution in [0.2, 0.25) is 0 Å². The molecule has 0 unspecified atom stereocenters. The highest BCUT2D eigenvalue weighted by molar-refractivity contribution is 5.96. The Hall–Kier alpha value is -3.42. The molecule has 0 radical (unpaired) electrons. The molecule has 0 saturated carbocycles. The third-order valence-electron chi connectivity index (χ3n) is 4.44. The van der Waals surface area contributed by atoms with Gasteiger partial charge in [-0.1, -0.05) is 0 Å². The summed E-state index contributed by atoms with van der Waals surface area (Å²) in [6.45, 7) is 1.33. The Morgan fingerprint density at radius 3 is 2.93 bits per heavy atom. The number of ether oxygens (including phenoxy) is 2. The molecule has 0 bridgehead atoms. The Bertz CT molecular complexity index is 928. The van der Waals surface area contributed by atoms with Crippen molar-refractivity contribution in [2.45, 2.75) is 12.6 Å². The van der Waals surface area contributed by atoms with E-state index < -0.39 is 0 Å². The zero-order valence-corrected chi connectivity index (χ0v) is 14.9. The lowest BCUT2D eigenvalue weighted by Crippen LogP contribution is -2.43. The lowest BCUT2D eigenvalue weighted by atomic mass is 10.1. The van der Waals surface area contributed by atoms with Crippen molar-refractivity contribution in [1.29, 1.82) is 0 Å². The van der Waals surface area contributed by atoms with Gasteiger partial charge in [0.2, 0.25) is 5.88 Å². The molecule has 3 aromatic rings. The topological polar surface area (TPSA) is 82.4 Å². The van der Waals surface area contributed by atoms with E-state index in [1.165, 1.54) is 7.11 Å². The molecule has 4 heterocycles. The Morgan fingerprint density at radius 2 is 2.11 bits per heavy atom. The number of nitrogens with zero attached hydrogens (tertiary/aromatic N) is 5. The van der Waals surface area contributed by atoms with Crippen LogP contribution in [0.25, 0.3) is 0 Å². The third-order valence-corrected chi connectivity index (χ3v) is 4.44. The van der Waals surface area contributed by atoms with E-state index in [1.807, 2.05) is 22.9 Å². The van der Waals surface area contributed by atoms with Gasteiger partial charge in [-0.25, -0.2) is 4.98 Å². The van der Waals surface area contributed by atoms with Crippen LogP contribution in [0.4, 0.5) is 0 Å². The van der Waals surface area contributed by atoms with Gasteiger partial charge in [0, 0.05) is 25.1 Å². The Labute approximate surface area is 156 Å². The molecule has 27 heavy (non-hydrogen) atoms. The van der Waals surface area contributed by atoms with Crippen LogP contribution in [0.3, 0.4) is 0 Å². The predicted octanol–water partition coefficient (Wildman–Crippen LogP) is 1.96. The first-order valence-corrected chi connectivity index (χ1v) is 8.59. The monoisotopic (exact) mass is 365 g/mol. The summed E-state index contributed by atoms with van der Waals surface area (Å²) in [5.41, 5.74) is 1.40. The molecule has 4 rings (SSSR count). The highest BCUT2D eigenvalue weighted by Crippen LogP contribution is 2.25. The van der Waals surface area contributed by atoms with E-state index in [-0.39, 0.29) is 11.9 Å². The first kappa shape index (κ1) is 17.0. The van der Waals surface area contributed by atoms with Crippen LogP contribution in [-0.4, -0.2) is 50.8 Å². The second-order valence-corrected chi connectivity index (χ2v) is 6.17. The van der Waals surface area contributed by atoms with E-state index >= 15 is 0 Å². The standard InChI is InChI=1S/C19H19N5O3/c1-26-18-17(5-3-8-21-18)19(25)23-11-14-6-9-22-24(14)15(12-23)13-27-16-4-2-7-20-10-16/h2-10,15H,11-13H2,1H3/t15-/m0/s1. The highest BCUT2D eigenvalue weighted by atomic mass is 16.5. The zero-order valence-electron chi connectivity index (χ0n) is 14.9. The minimum atomic E-state index is -0.126. The maximum atomic E-state index is 13.1. The minimum Gasteiger partial charge on any atom is -0.490 e. The lowest BCUT2D eigenvalue weighted by Gasteiger charge is -2.34. The smallest absolute Gasteiger partial charge is 0.259 e. The van der Waals surface area contributed by atoms with Crippen LogP contribution in [0.1, 0.15) is 22.1 Å². The van der Waals surface area contributed by atoms with Gasteiger partial charge in [-0.15, -0.1) is 0 Å². The maximum absolute atomic E-state index is 13.1. The average molecular weight is 365 g/mol. The molecule has 0 N–H and O–H groups in total. The van der Waals surface area contributed by atoms with Crippen molar-refractivity contribution in [3.63, 3.8) is 0 Å². The SMILES string of the molecule is COc1ncccc1C(=O)N1Cc2ccnn2[C@H](COc2cccnc2)C1. The van der Waals surface area contributed by atoms with Crippen molar-refractivity contribution in [3.05, 3.63) is 66.4 Å². The molecule has 0 aliphatic carbocycles. The summed E-state index contributed by atoms with van der Waals surface area (Å²) in [7, 11) is 1.51. The lowest BCUT2D eigenvalue weighted by molar-refractivity contribution is 0.0629. The summed E-state index contributed by atoms with van der Waals surface area (Å²) in [5, 5.41) is 4.40. The van der Waals surface area contributed by atoms with Crippen molar-refractivity contribution in [2.24, 2.45) is 0 Å². The van der Waals surface area contributed by atoms with Crippen LogP contribution in [0.5, 0.6) is 11.6 Å². The van der Waals surface area contributed by atoms with Gasteiger partial charge in [0.1, 0.15) is 24.0 Å². The number of pyridine rings is 2. The van der Waals surface area contributed by atoms with E-state index in [4.69, 9.17) is 9.47 Å². The van der Waals surface area contributed by atoms with Crippen molar-refractivity contribution in [2.75, 3.05) is 20.3 Å². The van der Waals surface area contributed by atoms with Gasteiger partial charge >= 0.3 is 0 Å².